The Morgan fingerprint density at radius 2 is 1.37 bits per heavy atom. The van der Waals surface area contributed by atoms with Gasteiger partial charge in [0.15, 0.2) is 0 Å². The van der Waals surface area contributed by atoms with Gasteiger partial charge in [0.1, 0.15) is 5.58 Å². The molecule has 5 aromatic carbocycles. The third kappa shape index (κ3) is 8.38. The van der Waals surface area contributed by atoms with Gasteiger partial charge in [0, 0.05) is 43.1 Å². The van der Waals surface area contributed by atoms with E-state index in [9.17, 15) is 0 Å². The number of hydrogen-bond donors (Lipinski definition) is 0. The van der Waals surface area contributed by atoms with Gasteiger partial charge in [-0.15, -0.1) is 59.7 Å². The van der Waals surface area contributed by atoms with E-state index in [0.29, 0.717) is 11.8 Å². The van der Waals surface area contributed by atoms with Gasteiger partial charge in [0.05, 0.1) is 36.7 Å². The van der Waals surface area contributed by atoms with E-state index in [1.165, 1.54) is 38.7 Å². The molecule has 0 amide bonds. The van der Waals surface area contributed by atoms with Crippen LogP contribution in [-0.2, 0) is 20.1 Å². The summed E-state index contributed by atoms with van der Waals surface area (Å²) in [6.07, 6.45) is 3.80. The van der Waals surface area contributed by atoms with E-state index in [-0.39, 0.29) is 20.1 Å². The molecular weight excluding hydrogens is 917 g/mol. The van der Waals surface area contributed by atoms with Crippen LogP contribution >= 0.6 is 0 Å². The van der Waals surface area contributed by atoms with Gasteiger partial charge in [-0.2, -0.15) is 0 Å². The monoisotopic (exact) mass is 967 g/mol. The number of aromatic nitrogens is 4. The minimum atomic E-state index is -1.33. The van der Waals surface area contributed by atoms with Crippen LogP contribution in [0, 0.1) is 26.0 Å². The minimum absolute atomic E-state index is 0. The van der Waals surface area contributed by atoms with Crippen molar-refractivity contribution in [1.82, 2.24) is 19.5 Å². The van der Waals surface area contributed by atoms with E-state index >= 15 is 0 Å². The molecule has 0 saturated carbocycles. The van der Waals surface area contributed by atoms with Crippen LogP contribution < -0.4 is 5.19 Å². The third-order valence-corrected chi connectivity index (χ3v) is 13.0. The summed E-state index contributed by atoms with van der Waals surface area (Å²) in [6, 6.07) is 47.1. The molecule has 0 bridgehead atoms. The Morgan fingerprint density at radius 1 is 0.678 bits per heavy atom. The number of rotatable bonds is 7. The molecule has 9 aromatic rings. The van der Waals surface area contributed by atoms with Crippen molar-refractivity contribution in [1.29, 1.82) is 0 Å². The van der Waals surface area contributed by atoms with Crippen LogP contribution in [0.5, 0.6) is 0 Å². The largest absolute Gasteiger partial charge is 0.499 e. The summed E-state index contributed by atoms with van der Waals surface area (Å²) in [5, 5.41) is 3.54. The zero-order valence-electron chi connectivity index (χ0n) is 35.3. The molecule has 0 aliphatic rings. The van der Waals surface area contributed by atoms with Crippen molar-refractivity contribution in [3.05, 3.63) is 162 Å². The molecule has 0 N–H and O–H groups in total. The number of fused-ring (bicyclic) bond motifs is 4. The molecule has 1 radical (unpaired) electrons. The van der Waals surface area contributed by atoms with Gasteiger partial charge in [-0.05, 0) is 94.7 Å². The van der Waals surface area contributed by atoms with E-state index < -0.39 is 8.07 Å². The number of para-hydroxylation sites is 2. The van der Waals surface area contributed by atoms with Crippen LogP contribution in [0.4, 0.5) is 0 Å². The van der Waals surface area contributed by atoms with Gasteiger partial charge in [-0.1, -0.05) is 101 Å². The molecule has 9 rings (SSSR count). The second kappa shape index (κ2) is 17.0. The number of aryl methyl sites for hydroxylation is 2. The van der Waals surface area contributed by atoms with E-state index in [4.69, 9.17) is 9.40 Å². The summed E-state index contributed by atoms with van der Waals surface area (Å²) in [5.41, 5.74) is 15.5. The van der Waals surface area contributed by atoms with Crippen LogP contribution in [-0.4, -0.2) is 27.6 Å². The van der Waals surface area contributed by atoms with E-state index in [1.54, 1.807) is 6.20 Å². The molecule has 0 unspecified atom stereocenters. The molecule has 0 fully saturated rings. The maximum atomic E-state index is 5.85. The van der Waals surface area contributed by atoms with Crippen molar-refractivity contribution in [2.45, 2.75) is 73.0 Å². The summed E-state index contributed by atoms with van der Waals surface area (Å²) in [6.45, 7) is 20.3. The number of benzene rings is 5. The van der Waals surface area contributed by atoms with Crippen molar-refractivity contribution in [2.24, 2.45) is 0 Å². The molecule has 59 heavy (non-hydrogen) atoms. The summed E-state index contributed by atoms with van der Waals surface area (Å²) in [4.78, 5) is 14.1. The molecule has 5 nitrogen and oxygen atoms in total. The maximum absolute atomic E-state index is 5.85. The van der Waals surface area contributed by atoms with Crippen LogP contribution in [0.3, 0.4) is 0 Å². The Hall–Kier alpha value is -5.46. The predicted octanol–water partition coefficient (Wildman–Crippen LogP) is 13.4. The first-order valence-electron chi connectivity index (χ1n) is 20.2. The molecule has 0 atom stereocenters. The second-order valence-corrected chi connectivity index (χ2v) is 22.0. The van der Waals surface area contributed by atoms with Crippen LogP contribution in [0.1, 0.15) is 61.9 Å². The Kier molecular flexibility index (Phi) is 12.0. The first-order valence-corrected chi connectivity index (χ1v) is 23.7. The van der Waals surface area contributed by atoms with Crippen molar-refractivity contribution < 1.29 is 24.5 Å². The fraction of sp³-hybridized carbons (Fsp3) is 0.212. The van der Waals surface area contributed by atoms with Crippen molar-refractivity contribution >= 4 is 46.2 Å². The predicted molar refractivity (Wildman–Crippen MR) is 245 cm³/mol. The molecule has 4 aromatic heterocycles. The van der Waals surface area contributed by atoms with Gasteiger partial charge in [0.25, 0.3) is 0 Å². The Bertz CT molecular complexity index is 2870. The number of pyridine rings is 2. The van der Waals surface area contributed by atoms with Crippen LogP contribution in [0.25, 0.3) is 72.4 Å². The maximum Gasteiger partial charge on any atom is 0.139 e. The molecule has 0 aliphatic heterocycles. The summed E-state index contributed by atoms with van der Waals surface area (Å²) < 4.78 is 8.22. The Morgan fingerprint density at radius 3 is 2.03 bits per heavy atom. The molecule has 7 heteroatoms. The number of furan rings is 1. The Balaban J connectivity index is 0.000000186. The van der Waals surface area contributed by atoms with E-state index in [0.717, 1.165) is 61.3 Å². The van der Waals surface area contributed by atoms with E-state index in [1.807, 2.05) is 31.3 Å². The summed E-state index contributed by atoms with van der Waals surface area (Å²) in [7, 11) is -1.33. The third-order valence-electron chi connectivity index (χ3n) is 10.9. The topological polar surface area (TPSA) is 56.7 Å². The summed E-state index contributed by atoms with van der Waals surface area (Å²) in [5.74, 6) is 1.64. The Labute approximate surface area is 363 Å². The van der Waals surface area contributed by atoms with Gasteiger partial charge in [-0.25, -0.2) is 0 Å². The molecule has 0 aliphatic carbocycles. The second-order valence-electron chi connectivity index (χ2n) is 16.9. The SMILES string of the molecule is Cc1cc2c(cn1)oc1c[c-]c(-c3ccc([Si](C)(C)C)cn3)cc12.Cc1ccccc1-c1cc(C(C)C)c(-n2c(-c3[c-]cccc3)nc3ccccc32)c(C(C)C)c1.[Ir]. The molecule has 0 spiro atoms. The standard InChI is InChI=1S/C32H31N2.C20H19N2OSi.Ir/c1-21(2)27-19-25(26-16-10-9-13-23(26)5)20-28(22(3)4)31(27)34-30-18-12-11-17-29(30)33-32(34)24-14-7-6-8-15-24;1-13-9-16-17-10-14(5-8-19(17)23-20(16)12-21-13)18-7-6-15(11-22-18)24(2,3)4;/h6-14,16-22H,1-5H3;6-12H,1-4H3;/q2*-1;. The van der Waals surface area contributed by atoms with E-state index in [2.05, 4.69) is 178 Å². The van der Waals surface area contributed by atoms with Crippen molar-refractivity contribution in [3.63, 3.8) is 0 Å². The fourth-order valence-electron chi connectivity index (χ4n) is 7.71. The quantitative estimate of drug-likeness (QED) is 0.118. The van der Waals surface area contributed by atoms with Crippen molar-refractivity contribution in [3.8, 4) is 39.5 Å². The van der Waals surface area contributed by atoms with Gasteiger partial charge in [0.2, 0.25) is 0 Å². The first kappa shape index (κ1) is 41.7. The number of imidazole rings is 1. The average molecular weight is 967 g/mol. The molecule has 4 heterocycles. The molecule has 0 saturated heterocycles. The minimum Gasteiger partial charge on any atom is -0.499 e. The normalized spacial score (nSPS) is 11.6. The number of nitrogens with zero attached hydrogens (tertiary/aromatic N) is 4. The molecule has 299 valence electrons. The number of hydrogen-bond acceptors (Lipinski definition) is 4. The van der Waals surface area contributed by atoms with Gasteiger partial charge < -0.3 is 14.0 Å². The van der Waals surface area contributed by atoms with Gasteiger partial charge >= 0.3 is 0 Å². The average Bonchev–Trinajstić information content (AvgIpc) is 3.79. The van der Waals surface area contributed by atoms with Crippen LogP contribution in [0.2, 0.25) is 19.6 Å². The van der Waals surface area contributed by atoms with Crippen LogP contribution in [0.15, 0.2) is 132 Å². The van der Waals surface area contributed by atoms with Gasteiger partial charge in [-0.3, -0.25) is 9.97 Å². The van der Waals surface area contributed by atoms with Crippen molar-refractivity contribution in [2.75, 3.05) is 0 Å². The zero-order valence-corrected chi connectivity index (χ0v) is 38.7. The fourth-order valence-corrected chi connectivity index (χ4v) is 8.75. The molecular formula is C52H50IrN4OSi-2. The summed E-state index contributed by atoms with van der Waals surface area (Å²) >= 11 is 0. The first-order chi connectivity index (χ1) is 27.9. The zero-order chi connectivity index (χ0) is 40.7. The smallest absolute Gasteiger partial charge is 0.139 e.